The molecule has 2 atom stereocenters. The molecule has 2 unspecified atom stereocenters. The number of nitrogens with one attached hydrogen (secondary N) is 1. The van der Waals surface area contributed by atoms with Crippen LogP contribution < -0.4 is 5.32 Å². The van der Waals surface area contributed by atoms with Gasteiger partial charge in [-0.25, -0.2) is 0 Å². The summed E-state index contributed by atoms with van der Waals surface area (Å²) in [5.74, 6) is 0. The molecule has 0 radical (unpaired) electrons. The van der Waals surface area contributed by atoms with Gasteiger partial charge in [0, 0.05) is 19.3 Å². The van der Waals surface area contributed by atoms with Crippen molar-refractivity contribution in [1.29, 1.82) is 0 Å². The second kappa shape index (κ2) is 6.35. The SMILES string of the molecule is CC1OCCC1NCCCCCO. The van der Waals surface area contributed by atoms with Gasteiger partial charge in [-0.2, -0.15) is 0 Å². The van der Waals surface area contributed by atoms with E-state index in [0.29, 0.717) is 18.8 Å². The molecule has 1 aliphatic rings. The van der Waals surface area contributed by atoms with Gasteiger partial charge in [-0.3, -0.25) is 0 Å². The number of hydrogen-bond acceptors (Lipinski definition) is 3. The first-order valence-corrected chi connectivity index (χ1v) is 5.30. The van der Waals surface area contributed by atoms with E-state index in [4.69, 9.17) is 9.84 Å². The fourth-order valence-electron chi connectivity index (χ4n) is 1.70. The van der Waals surface area contributed by atoms with Crippen molar-refractivity contribution in [3.8, 4) is 0 Å². The molecule has 1 rings (SSSR count). The summed E-state index contributed by atoms with van der Waals surface area (Å²) < 4.78 is 5.44. The van der Waals surface area contributed by atoms with Crippen molar-refractivity contribution in [2.24, 2.45) is 0 Å². The third-order valence-corrected chi connectivity index (χ3v) is 2.62. The third kappa shape index (κ3) is 4.07. The average molecular weight is 187 g/mol. The third-order valence-electron chi connectivity index (χ3n) is 2.62. The van der Waals surface area contributed by atoms with Crippen molar-refractivity contribution >= 4 is 0 Å². The molecule has 0 aromatic carbocycles. The predicted octanol–water partition coefficient (Wildman–Crippen LogP) is 0.916. The molecular formula is C10H21NO2. The highest BCUT2D eigenvalue weighted by atomic mass is 16.5. The summed E-state index contributed by atoms with van der Waals surface area (Å²) in [5.41, 5.74) is 0. The van der Waals surface area contributed by atoms with Crippen molar-refractivity contribution in [2.45, 2.75) is 44.8 Å². The van der Waals surface area contributed by atoms with Crippen LogP contribution in [-0.2, 0) is 4.74 Å². The van der Waals surface area contributed by atoms with E-state index in [9.17, 15) is 0 Å². The van der Waals surface area contributed by atoms with Crippen molar-refractivity contribution in [3.63, 3.8) is 0 Å². The van der Waals surface area contributed by atoms with Gasteiger partial charge >= 0.3 is 0 Å². The molecular weight excluding hydrogens is 166 g/mol. The summed E-state index contributed by atoms with van der Waals surface area (Å²) in [6, 6.07) is 0.550. The highest BCUT2D eigenvalue weighted by Gasteiger charge is 2.22. The lowest BCUT2D eigenvalue weighted by Crippen LogP contribution is -2.35. The van der Waals surface area contributed by atoms with Gasteiger partial charge in [0.05, 0.1) is 6.10 Å². The van der Waals surface area contributed by atoms with Gasteiger partial charge in [0.2, 0.25) is 0 Å². The Balaban J connectivity index is 1.93. The standard InChI is InChI=1S/C10H21NO2/c1-9-10(5-8-13-9)11-6-3-2-4-7-12/h9-12H,2-8H2,1H3. The summed E-state index contributed by atoms with van der Waals surface area (Å²) in [7, 11) is 0. The van der Waals surface area contributed by atoms with E-state index in [-0.39, 0.29) is 0 Å². The van der Waals surface area contributed by atoms with E-state index in [1.807, 2.05) is 0 Å². The largest absolute Gasteiger partial charge is 0.396 e. The number of ether oxygens (including phenoxy) is 1. The monoisotopic (exact) mass is 187 g/mol. The zero-order chi connectivity index (χ0) is 9.52. The van der Waals surface area contributed by atoms with Crippen LogP contribution in [0.15, 0.2) is 0 Å². The molecule has 2 N–H and O–H groups in total. The smallest absolute Gasteiger partial charge is 0.0700 e. The van der Waals surface area contributed by atoms with Gasteiger partial charge in [0.15, 0.2) is 0 Å². The maximum absolute atomic E-state index is 8.58. The summed E-state index contributed by atoms with van der Waals surface area (Å²) in [4.78, 5) is 0. The number of unbranched alkanes of at least 4 members (excludes halogenated alkanes) is 2. The molecule has 0 aromatic heterocycles. The maximum atomic E-state index is 8.58. The second-order valence-corrected chi connectivity index (χ2v) is 3.71. The van der Waals surface area contributed by atoms with Gasteiger partial charge in [-0.05, 0) is 39.2 Å². The van der Waals surface area contributed by atoms with Crippen LogP contribution in [0.25, 0.3) is 0 Å². The zero-order valence-corrected chi connectivity index (χ0v) is 8.46. The van der Waals surface area contributed by atoms with Crippen LogP contribution >= 0.6 is 0 Å². The summed E-state index contributed by atoms with van der Waals surface area (Å²) >= 11 is 0. The molecule has 13 heavy (non-hydrogen) atoms. The Labute approximate surface area is 80.5 Å². The predicted molar refractivity (Wildman–Crippen MR) is 52.8 cm³/mol. The maximum Gasteiger partial charge on any atom is 0.0700 e. The molecule has 0 spiro atoms. The summed E-state index contributed by atoms with van der Waals surface area (Å²) in [6.07, 6.45) is 4.72. The van der Waals surface area contributed by atoms with Gasteiger partial charge in [0.25, 0.3) is 0 Å². The van der Waals surface area contributed by atoms with Crippen LogP contribution in [0.1, 0.15) is 32.6 Å². The van der Waals surface area contributed by atoms with Crippen molar-refractivity contribution < 1.29 is 9.84 Å². The second-order valence-electron chi connectivity index (χ2n) is 3.71. The first-order chi connectivity index (χ1) is 6.34. The molecule has 1 aliphatic heterocycles. The minimum absolute atomic E-state index is 0.322. The number of aliphatic hydroxyl groups is 1. The first-order valence-electron chi connectivity index (χ1n) is 5.30. The Bertz CT molecular complexity index is 130. The molecule has 1 fully saturated rings. The Morgan fingerprint density at radius 3 is 2.85 bits per heavy atom. The average Bonchev–Trinajstić information content (AvgIpc) is 2.52. The highest BCUT2D eigenvalue weighted by Crippen LogP contribution is 2.12. The normalized spacial score (nSPS) is 28.2. The van der Waals surface area contributed by atoms with E-state index >= 15 is 0 Å². The molecule has 0 aliphatic carbocycles. The Morgan fingerprint density at radius 1 is 1.38 bits per heavy atom. The Kier molecular flexibility index (Phi) is 5.35. The summed E-state index contributed by atoms with van der Waals surface area (Å²) in [6.45, 7) is 4.40. The molecule has 1 heterocycles. The van der Waals surface area contributed by atoms with E-state index in [1.54, 1.807) is 0 Å². The number of rotatable bonds is 6. The van der Waals surface area contributed by atoms with Gasteiger partial charge in [-0.1, -0.05) is 0 Å². The Hall–Kier alpha value is -0.120. The minimum atomic E-state index is 0.322. The molecule has 78 valence electrons. The van der Waals surface area contributed by atoms with Crippen LogP contribution in [0.3, 0.4) is 0 Å². The van der Waals surface area contributed by atoms with E-state index in [0.717, 1.165) is 38.8 Å². The number of aliphatic hydroxyl groups excluding tert-OH is 1. The first kappa shape index (κ1) is 11.0. The topological polar surface area (TPSA) is 41.5 Å². The van der Waals surface area contributed by atoms with Crippen molar-refractivity contribution in [1.82, 2.24) is 5.32 Å². The highest BCUT2D eigenvalue weighted by molar-refractivity contribution is 4.78. The van der Waals surface area contributed by atoms with Crippen molar-refractivity contribution in [2.75, 3.05) is 19.8 Å². The quantitative estimate of drug-likeness (QED) is 0.607. The molecule has 0 amide bonds. The number of hydrogen-bond donors (Lipinski definition) is 2. The van der Waals surface area contributed by atoms with Gasteiger partial charge in [0.1, 0.15) is 0 Å². The van der Waals surface area contributed by atoms with E-state index in [1.165, 1.54) is 0 Å². The zero-order valence-electron chi connectivity index (χ0n) is 8.46. The molecule has 1 saturated heterocycles. The van der Waals surface area contributed by atoms with Crippen molar-refractivity contribution in [3.05, 3.63) is 0 Å². The van der Waals surface area contributed by atoms with Crippen LogP contribution in [0, 0.1) is 0 Å². The molecule has 3 heteroatoms. The minimum Gasteiger partial charge on any atom is -0.396 e. The lowest BCUT2D eigenvalue weighted by Gasteiger charge is -2.15. The van der Waals surface area contributed by atoms with Crippen LogP contribution in [0.5, 0.6) is 0 Å². The van der Waals surface area contributed by atoms with E-state index < -0.39 is 0 Å². The lowest BCUT2D eigenvalue weighted by atomic mass is 10.1. The molecule has 0 bridgehead atoms. The van der Waals surface area contributed by atoms with Gasteiger partial charge < -0.3 is 15.2 Å². The van der Waals surface area contributed by atoms with E-state index in [2.05, 4.69) is 12.2 Å². The fourth-order valence-corrected chi connectivity index (χ4v) is 1.70. The molecule has 0 saturated carbocycles. The lowest BCUT2D eigenvalue weighted by molar-refractivity contribution is 0.113. The van der Waals surface area contributed by atoms with Crippen LogP contribution in [-0.4, -0.2) is 37.0 Å². The fraction of sp³-hybridized carbons (Fsp3) is 1.00. The van der Waals surface area contributed by atoms with Crippen LogP contribution in [0.4, 0.5) is 0 Å². The molecule has 3 nitrogen and oxygen atoms in total. The van der Waals surface area contributed by atoms with Gasteiger partial charge in [-0.15, -0.1) is 0 Å². The molecule has 0 aromatic rings. The van der Waals surface area contributed by atoms with Crippen LogP contribution in [0.2, 0.25) is 0 Å². The summed E-state index contributed by atoms with van der Waals surface area (Å²) in [5, 5.41) is 12.1. The Morgan fingerprint density at radius 2 is 2.23 bits per heavy atom.